The number of nitrogens with zero attached hydrogens (tertiary/aromatic N) is 3. The van der Waals surface area contributed by atoms with Crippen LogP contribution in [-0.4, -0.2) is 50.8 Å². The van der Waals surface area contributed by atoms with Gasteiger partial charge in [0.2, 0.25) is 0 Å². The fourth-order valence-corrected chi connectivity index (χ4v) is 5.69. The van der Waals surface area contributed by atoms with E-state index in [2.05, 4.69) is 65.7 Å². The molecule has 0 saturated carbocycles. The van der Waals surface area contributed by atoms with Gasteiger partial charge >= 0.3 is 0 Å². The number of carbonyl (C=O) groups is 1. The van der Waals surface area contributed by atoms with E-state index in [1.54, 1.807) is 6.20 Å². The Balaban J connectivity index is 1.53. The second-order valence-corrected chi connectivity index (χ2v) is 10.5. The van der Waals surface area contributed by atoms with E-state index in [1.165, 1.54) is 11.8 Å². The molecule has 4 heterocycles. The molecule has 1 unspecified atom stereocenters. The van der Waals surface area contributed by atoms with Gasteiger partial charge in [0.25, 0.3) is 5.91 Å². The molecule has 36 heavy (non-hydrogen) atoms. The number of anilines is 1. The fraction of sp³-hybridized carbons (Fsp3) is 0.429. The van der Waals surface area contributed by atoms with Crippen LogP contribution in [-0.2, 0) is 9.53 Å². The SMILES string of the molecule is CC(C)c1c(-c2ccnc(N)c2)[nH]c2ccc(C3OC=C(C(N)=O)N3C3CCN(C(C)C)CC3)cc12. The van der Waals surface area contributed by atoms with Crippen LogP contribution in [0.4, 0.5) is 5.82 Å². The maximum absolute atomic E-state index is 12.3. The van der Waals surface area contributed by atoms with E-state index >= 15 is 0 Å². The first kappa shape index (κ1) is 24.2. The largest absolute Gasteiger partial charge is 0.471 e. The van der Waals surface area contributed by atoms with Crippen LogP contribution in [0.2, 0.25) is 0 Å². The van der Waals surface area contributed by atoms with Crippen LogP contribution < -0.4 is 11.5 Å². The first-order valence-electron chi connectivity index (χ1n) is 12.8. The summed E-state index contributed by atoms with van der Waals surface area (Å²) in [5, 5.41) is 1.14. The van der Waals surface area contributed by atoms with Crippen LogP contribution in [0.5, 0.6) is 0 Å². The van der Waals surface area contributed by atoms with Crippen molar-refractivity contribution in [2.75, 3.05) is 18.8 Å². The summed E-state index contributed by atoms with van der Waals surface area (Å²) in [5.74, 6) is 0.315. The predicted molar refractivity (Wildman–Crippen MR) is 143 cm³/mol. The summed E-state index contributed by atoms with van der Waals surface area (Å²) in [4.78, 5) is 24.7. The lowest BCUT2D eigenvalue weighted by Crippen LogP contribution is -2.48. The van der Waals surface area contributed by atoms with Crippen LogP contribution >= 0.6 is 0 Å². The maximum atomic E-state index is 12.3. The lowest BCUT2D eigenvalue weighted by molar-refractivity contribution is -0.117. The molecule has 1 saturated heterocycles. The average molecular weight is 489 g/mol. The normalized spacial score (nSPS) is 19.3. The fourth-order valence-electron chi connectivity index (χ4n) is 5.69. The van der Waals surface area contributed by atoms with Crippen molar-refractivity contribution in [3.05, 3.63) is 59.6 Å². The number of amides is 1. The zero-order valence-electron chi connectivity index (χ0n) is 21.5. The summed E-state index contributed by atoms with van der Waals surface area (Å²) < 4.78 is 6.12. The van der Waals surface area contributed by atoms with Gasteiger partial charge in [-0.1, -0.05) is 19.9 Å². The highest BCUT2D eigenvalue weighted by molar-refractivity contribution is 5.93. The van der Waals surface area contributed by atoms with Crippen LogP contribution in [0.1, 0.15) is 63.8 Å². The monoisotopic (exact) mass is 488 g/mol. The van der Waals surface area contributed by atoms with E-state index in [9.17, 15) is 4.79 Å². The number of nitrogen functional groups attached to an aromatic ring is 1. The molecule has 2 aromatic heterocycles. The van der Waals surface area contributed by atoms with Crippen LogP contribution in [0.3, 0.4) is 0 Å². The van der Waals surface area contributed by atoms with Gasteiger partial charge in [-0.25, -0.2) is 4.98 Å². The molecule has 2 aliphatic rings. The van der Waals surface area contributed by atoms with E-state index in [4.69, 9.17) is 16.2 Å². The van der Waals surface area contributed by atoms with Gasteiger partial charge < -0.3 is 31.0 Å². The van der Waals surface area contributed by atoms with Crippen molar-refractivity contribution in [1.82, 2.24) is 19.8 Å². The summed E-state index contributed by atoms with van der Waals surface area (Å²) in [7, 11) is 0. The molecule has 0 aliphatic carbocycles. The van der Waals surface area contributed by atoms with Crippen molar-refractivity contribution < 1.29 is 9.53 Å². The number of nitrogens with one attached hydrogen (secondary N) is 1. The number of piperidine rings is 1. The standard InChI is InChI=1S/C28H36N6O2/c1-16(2)25-21-13-19(5-6-22(21)32-26(25)18-7-10-31-24(29)14-18)28-34(23(15-36-28)27(30)35)20-8-11-33(12-9-20)17(3)4/h5-7,10,13-17,20,28,32H,8-9,11-12H2,1-4H3,(H2,29,31)(H2,30,35). The Morgan fingerprint density at radius 3 is 2.53 bits per heavy atom. The zero-order chi connectivity index (χ0) is 25.6. The third kappa shape index (κ3) is 4.30. The van der Waals surface area contributed by atoms with E-state index < -0.39 is 5.91 Å². The van der Waals surface area contributed by atoms with E-state index in [0.29, 0.717) is 17.6 Å². The number of hydrogen-bond donors (Lipinski definition) is 3. The molecule has 1 aromatic carbocycles. The molecular weight excluding hydrogens is 452 g/mol. The highest BCUT2D eigenvalue weighted by Crippen LogP contribution is 2.41. The first-order valence-corrected chi connectivity index (χ1v) is 12.8. The van der Waals surface area contributed by atoms with Gasteiger partial charge in [0.1, 0.15) is 17.8 Å². The summed E-state index contributed by atoms with van der Waals surface area (Å²) in [5.41, 5.74) is 17.5. The van der Waals surface area contributed by atoms with Crippen molar-refractivity contribution >= 4 is 22.6 Å². The molecule has 0 spiro atoms. The highest BCUT2D eigenvalue weighted by Gasteiger charge is 2.39. The minimum Gasteiger partial charge on any atom is -0.471 e. The van der Waals surface area contributed by atoms with Gasteiger partial charge in [-0.15, -0.1) is 0 Å². The number of benzene rings is 1. The van der Waals surface area contributed by atoms with Crippen LogP contribution in [0.15, 0.2) is 48.5 Å². The van der Waals surface area contributed by atoms with Gasteiger partial charge in [-0.3, -0.25) is 4.79 Å². The number of pyridine rings is 1. The quantitative estimate of drug-likeness (QED) is 0.472. The molecule has 2 aliphatic heterocycles. The van der Waals surface area contributed by atoms with E-state index in [-0.39, 0.29) is 18.2 Å². The Bertz CT molecular complexity index is 1300. The number of nitrogens with two attached hydrogens (primary N) is 2. The van der Waals surface area contributed by atoms with Crippen LogP contribution in [0, 0.1) is 0 Å². The summed E-state index contributed by atoms with van der Waals surface area (Å²) >= 11 is 0. The minimum atomic E-state index is -0.452. The Labute approximate surface area is 212 Å². The van der Waals surface area contributed by atoms with Gasteiger partial charge in [0, 0.05) is 53.4 Å². The molecule has 1 fully saturated rings. The molecule has 190 valence electrons. The van der Waals surface area contributed by atoms with Gasteiger partial charge in [-0.2, -0.15) is 0 Å². The Morgan fingerprint density at radius 1 is 1.14 bits per heavy atom. The van der Waals surface area contributed by atoms with Crippen LogP contribution in [0.25, 0.3) is 22.2 Å². The van der Waals surface area contributed by atoms with Gasteiger partial charge in [-0.05, 0) is 62.4 Å². The maximum Gasteiger partial charge on any atom is 0.268 e. The van der Waals surface area contributed by atoms with Crippen molar-refractivity contribution in [2.24, 2.45) is 5.73 Å². The lowest BCUT2D eigenvalue weighted by Gasteiger charge is -2.41. The Morgan fingerprint density at radius 2 is 1.89 bits per heavy atom. The number of likely N-dealkylation sites (tertiary alicyclic amines) is 1. The predicted octanol–water partition coefficient (Wildman–Crippen LogP) is 4.47. The second-order valence-electron chi connectivity index (χ2n) is 10.5. The number of aromatic nitrogens is 2. The molecule has 5 N–H and O–H groups in total. The Hall–Kier alpha value is -3.52. The Kier molecular flexibility index (Phi) is 6.38. The molecule has 1 amide bonds. The number of aromatic amines is 1. The number of hydrogen-bond acceptors (Lipinski definition) is 6. The molecule has 3 aromatic rings. The number of carbonyl (C=O) groups excluding carboxylic acids is 1. The smallest absolute Gasteiger partial charge is 0.268 e. The summed E-state index contributed by atoms with van der Waals surface area (Å²) in [6.45, 7) is 10.8. The van der Waals surface area contributed by atoms with E-state index in [1.807, 2.05) is 12.1 Å². The van der Waals surface area contributed by atoms with E-state index in [0.717, 1.165) is 53.7 Å². The van der Waals surface area contributed by atoms with Crippen molar-refractivity contribution in [1.29, 1.82) is 0 Å². The number of ether oxygens (including phenoxy) is 1. The number of H-pyrrole nitrogens is 1. The summed E-state index contributed by atoms with van der Waals surface area (Å²) in [6.07, 6.45) is 4.80. The third-order valence-electron chi connectivity index (χ3n) is 7.51. The lowest BCUT2D eigenvalue weighted by atomic mass is 9.95. The number of fused-ring (bicyclic) bond motifs is 1. The molecule has 8 heteroatoms. The van der Waals surface area contributed by atoms with Gasteiger partial charge in [0.05, 0.1) is 5.69 Å². The molecule has 8 nitrogen and oxygen atoms in total. The molecule has 0 radical (unpaired) electrons. The molecule has 1 atom stereocenters. The molecule has 5 rings (SSSR count). The second kappa shape index (κ2) is 9.50. The number of rotatable bonds is 6. The van der Waals surface area contributed by atoms with Crippen molar-refractivity contribution in [3.8, 4) is 11.3 Å². The first-order chi connectivity index (χ1) is 17.2. The van der Waals surface area contributed by atoms with Crippen molar-refractivity contribution in [3.63, 3.8) is 0 Å². The van der Waals surface area contributed by atoms with Gasteiger partial charge in [0.15, 0.2) is 6.23 Å². The number of primary amides is 1. The topological polar surface area (TPSA) is 113 Å². The minimum absolute atomic E-state index is 0.188. The summed E-state index contributed by atoms with van der Waals surface area (Å²) in [6, 6.07) is 10.9. The zero-order valence-corrected chi connectivity index (χ0v) is 21.5. The molecular formula is C28H36N6O2. The van der Waals surface area contributed by atoms with Crippen molar-refractivity contribution in [2.45, 2.75) is 64.8 Å². The third-order valence-corrected chi connectivity index (χ3v) is 7.51. The average Bonchev–Trinajstić information content (AvgIpc) is 3.46. The molecule has 0 bridgehead atoms. The highest BCUT2D eigenvalue weighted by atomic mass is 16.5.